The van der Waals surface area contributed by atoms with Gasteiger partial charge in [-0.3, -0.25) is 20.3 Å². The molecule has 2 aromatic rings. The number of oxime groups is 1. The number of benzene rings is 2. The van der Waals surface area contributed by atoms with E-state index in [1.807, 2.05) is 0 Å². The van der Waals surface area contributed by atoms with E-state index >= 15 is 0 Å². The van der Waals surface area contributed by atoms with Crippen molar-refractivity contribution in [3.63, 3.8) is 0 Å². The molecule has 2 aromatic carbocycles. The lowest BCUT2D eigenvalue weighted by Crippen LogP contribution is -2.10. The standard InChI is InChI=1S/C14H10ClN3O4/c15-11-3-5-12(6-4-11)17-14(19)22-16-9-10-1-7-13(8-2-10)18(20)21/h1-9H,(H,17,19)/b16-9+. The van der Waals surface area contributed by atoms with Crippen LogP contribution in [0.3, 0.4) is 0 Å². The van der Waals surface area contributed by atoms with Crippen molar-refractivity contribution in [3.05, 3.63) is 69.2 Å². The molecule has 0 spiro atoms. The summed E-state index contributed by atoms with van der Waals surface area (Å²) < 4.78 is 0. The molecular formula is C14H10ClN3O4. The number of amides is 1. The average molecular weight is 320 g/mol. The first kappa shape index (κ1) is 15.5. The van der Waals surface area contributed by atoms with Crippen molar-refractivity contribution in [2.45, 2.75) is 0 Å². The van der Waals surface area contributed by atoms with Gasteiger partial charge in [-0.25, -0.2) is 4.79 Å². The maximum atomic E-state index is 11.5. The summed E-state index contributed by atoms with van der Waals surface area (Å²) in [6, 6.07) is 12.1. The first-order valence-electron chi connectivity index (χ1n) is 6.06. The van der Waals surface area contributed by atoms with E-state index in [-0.39, 0.29) is 5.69 Å². The third-order valence-corrected chi connectivity index (χ3v) is 2.78. The number of nitrogens with one attached hydrogen (secondary N) is 1. The second kappa shape index (κ2) is 7.19. The van der Waals surface area contributed by atoms with E-state index in [2.05, 4.69) is 15.3 Å². The molecule has 0 aliphatic rings. The summed E-state index contributed by atoms with van der Waals surface area (Å²) in [4.78, 5) is 26.1. The van der Waals surface area contributed by atoms with Crippen LogP contribution in [0.1, 0.15) is 5.56 Å². The van der Waals surface area contributed by atoms with Crippen molar-refractivity contribution in [1.82, 2.24) is 0 Å². The molecule has 7 nitrogen and oxygen atoms in total. The van der Waals surface area contributed by atoms with Crippen molar-refractivity contribution in [1.29, 1.82) is 0 Å². The van der Waals surface area contributed by atoms with E-state index in [4.69, 9.17) is 11.6 Å². The molecule has 0 bridgehead atoms. The molecule has 0 aliphatic carbocycles. The zero-order chi connectivity index (χ0) is 15.9. The number of hydrogen-bond donors (Lipinski definition) is 1. The molecule has 0 atom stereocenters. The second-order valence-electron chi connectivity index (χ2n) is 4.09. The van der Waals surface area contributed by atoms with Gasteiger partial charge in [0.1, 0.15) is 0 Å². The number of non-ortho nitro benzene ring substituents is 1. The van der Waals surface area contributed by atoms with E-state index in [0.29, 0.717) is 16.3 Å². The van der Waals surface area contributed by atoms with E-state index in [1.54, 1.807) is 24.3 Å². The predicted octanol–water partition coefficient (Wildman–Crippen LogP) is 3.83. The van der Waals surface area contributed by atoms with Gasteiger partial charge in [0.2, 0.25) is 0 Å². The fourth-order valence-electron chi connectivity index (χ4n) is 1.49. The van der Waals surface area contributed by atoms with Crippen molar-refractivity contribution in [3.8, 4) is 0 Å². The SMILES string of the molecule is O=C(Nc1ccc(Cl)cc1)O/N=C/c1ccc([N+](=O)[O-])cc1. The largest absolute Gasteiger partial charge is 0.437 e. The summed E-state index contributed by atoms with van der Waals surface area (Å²) in [6.45, 7) is 0. The van der Waals surface area contributed by atoms with E-state index in [0.717, 1.165) is 0 Å². The highest BCUT2D eigenvalue weighted by molar-refractivity contribution is 6.30. The summed E-state index contributed by atoms with van der Waals surface area (Å²) >= 11 is 5.72. The Morgan fingerprint density at radius 3 is 2.41 bits per heavy atom. The minimum atomic E-state index is -0.763. The third kappa shape index (κ3) is 4.57. The fourth-order valence-corrected chi connectivity index (χ4v) is 1.62. The van der Waals surface area contributed by atoms with Crippen LogP contribution >= 0.6 is 11.6 Å². The zero-order valence-corrected chi connectivity index (χ0v) is 11.9. The molecule has 0 aromatic heterocycles. The van der Waals surface area contributed by atoms with Gasteiger partial charge >= 0.3 is 6.09 Å². The minimum Gasteiger partial charge on any atom is -0.298 e. The van der Waals surface area contributed by atoms with Crippen LogP contribution in [0, 0.1) is 10.1 Å². The highest BCUT2D eigenvalue weighted by Gasteiger charge is 2.04. The smallest absolute Gasteiger partial charge is 0.298 e. The maximum absolute atomic E-state index is 11.5. The van der Waals surface area contributed by atoms with Gasteiger partial charge in [-0.15, -0.1) is 0 Å². The van der Waals surface area contributed by atoms with E-state index < -0.39 is 11.0 Å². The summed E-state index contributed by atoms with van der Waals surface area (Å²) in [5, 5.41) is 17.0. The molecule has 0 saturated heterocycles. The predicted molar refractivity (Wildman–Crippen MR) is 82.2 cm³/mol. The Morgan fingerprint density at radius 1 is 1.18 bits per heavy atom. The summed E-state index contributed by atoms with van der Waals surface area (Å²) in [5.41, 5.74) is 1.04. The Balaban J connectivity index is 1.87. The first-order chi connectivity index (χ1) is 10.5. The normalized spacial score (nSPS) is 10.4. The van der Waals surface area contributed by atoms with Gasteiger partial charge in [-0.2, -0.15) is 0 Å². The summed E-state index contributed by atoms with van der Waals surface area (Å²) in [6.07, 6.45) is 0.506. The van der Waals surface area contributed by atoms with Gasteiger partial charge < -0.3 is 0 Å². The first-order valence-corrected chi connectivity index (χ1v) is 6.44. The molecule has 8 heteroatoms. The number of rotatable bonds is 4. The van der Waals surface area contributed by atoms with Gasteiger partial charge in [0.05, 0.1) is 11.1 Å². The van der Waals surface area contributed by atoms with Crippen LogP contribution in [-0.4, -0.2) is 17.2 Å². The molecule has 0 aliphatic heterocycles. The summed E-state index contributed by atoms with van der Waals surface area (Å²) in [7, 11) is 0. The number of nitro benzene ring substituents is 1. The van der Waals surface area contributed by atoms with Crippen LogP contribution in [0.2, 0.25) is 5.02 Å². The molecule has 1 amide bonds. The topological polar surface area (TPSA) is 93.8 Å². The Hall–Kier alpha value is -2.93. The Labute approximate surface area is 130 Å². The van der Waals surface area contributed by atoms with Gasteiger partial charge in [-0.05, 0) is 42.0 Å². The average Bonchev–Trinajstić information content (AvgIpc) is 2.50. The molecular weight excluding hydrogens is 310 g/mol. The molecule has 0 unspecified atom stereocenters. The molecule has 0 radical (unpaired) electrons. The van der Waals surface area contributed by atoms with Crippen molar-refractivity contribution >= 4 is 35.3 Å². The summed E-state index contributed by atoms with van der Waals surface area (Å²) in [5.74, 6) is 0. The van der Waals surface area contributed by atoms with Gasteiger partial charge in [-0.1, -0.05) is 16.8 Å². The van der Waals surface area contributed by atoms with Crippen molar-refractivity contribution < 1.29 is 14.6 Å². The van der Waals surface area contributed by atoms with Crippen molar-refractivity contribution in [2.75, 3.05) is 5.32 Å². The van der Waals surface area contributed by atoms with Crippen LogP contribution in [-0.2, 0) is 4.84 Å². The molecule has 2 rings (SSSR count). The number of carbonyl (C=O) groups excluding carboxylic acids is 1. The number of carbonyl (C=O) groups is 1. The van der Waals surface area contributed by atoms with Crippen LogP contribution in [0.5, 0.6) is 0 Å². The number of anilines is 1. The molecule has 112 valence electrons. The van der Waals surface area contributed by atoms with Crippen LogP contribution in [0.15, 0.2) is 53.7 Å². The highest BCUT2D eigenvalue weighted by Crippen LogP contribution is 2.13. The lowest BCUT2D eigenvalue weighted by Gasteiger charge is -2.02. The van der Waals surface area contributed by atoms with E-state index in [1.165, 1.54) is 30.5 Å². The van der Waals surface area contributed by atoms with Crippen molar-refractivity contribution in [2.24, 2.45) is 5.16 Å². The minimum absolute atomic E-state index is 0.0291. The van der Waals surface area contributed by atoms with Gasteiger partial charge in [0.25, 0.3) is 5.69 Å². The zero-order valence-electron chi connectivity index (χ0n) is 11.1. The lowest BCUT2D eigenvalue weighted by atomic mass is 10.2. The Morgan fingerprint density at radius 2 is 1.82 bits per heavy atom. The molecule has 0 heterocycles. The monoisotopic (exact) mass is 319 g/mol. The number of nitro groups is 1. The third-order valence-electron chi connectivity index (χ3n) is 2.53. The lowest BCUT2D eigenvalue weighted by molar-refractivity contribution is -0.384. The second-order valence-corrected chi connectivity index (χ2v) is 4.53. The number of halogens is 1. The molecule has 0 saturated carbocycles. The van der Waals surface area contributed by atoms with Crippen LogP contribution in [0.25, 0.3) is 0 Å². The Kier molecular flexibility index (Phi) is 5.05. The molecule has 1 N–H and O–H groups in total. The van der Waals surface area contributed by atoms with Crippen LogP contribution in [0.4, 0.5) is 16.2 Å². The van der Waals surface area contributed by atoms with Gasteiger partial charge in [0.15, 0.2) is 0 Å². The number of nitrogens with zero attached hydrogens (tertiary/aromatic N) is 2. The fraction of sp³-hybridized carbons (Fsp3) is 0. The quantitative estimate of drug-likeness (QED) is 0.401. The molecule has 0 fully saturated rings. The van der Waals surface area contributed by atoms with Gasteiger partial charge in [0, 0.05) is 22.8 Å². The molecule has 22 heavy (non-hydrogen) atoms. The maximum Gasteiger partial charge on any atom is 0.437 e. The number of hydrogen-bond acceptors (Lipinski definition) is 5. The highest BCUT2D eigenvalue weighted by atomic mass is 35.5. The van der Waals surface area contributed by atoms with E-state index in [9.17, 15) is 14.9 Å². The Bertz CT molecular complexity index is 699. The van der Waals surface area contributed by atoms with Crippen LogP contribution < -0.4 is 5.32 Å².